The third-order valence-electron chi connectivity index (χ3n) is 4.16. The lowest BCUT2D eigenvalue weighted by atomic mass is 10.1. The summed E-state index contributed by atoms with van der Waals surface area (Å²) in [6.45, 7) is 1.26. The largest absolute Gasteiger partial charge is 0.376 e. The highest BCUT2D eigenvalue weighted by atomic mass is 32.1. The van der Waals surface area contributed by atoms with E-state index in [9.17, 15) is 9.59 Å². The Morgan fingerprint density at radius 1 is 1.04 bits per heavy atom. The van der Waals surface area contributed by atoms with Crippen molar-refractivity contribution in [1.29, 1.82) is 0 Å². The molecule has 2 aromatic rings. The minimum absolute atomic E-state index is 0.0936. The fraction of sp³-hybridized carbons (Fsp3) is 0.250. The SMILES string of the molecule is O=C(NC[C@@H]1CCCO1)c1cccc(NC(=S)NC(=O)c2ccccc2)c1. The minimum atomic E-state index is -0.293. The number of hydrogen-bond donors (Lipinski definition) is 3. The zero-order valence-electron chi connectivity index (χ0n) is 14.7. The van der Waals surface area contributed by atoms with Crippen LogP contribution in [0.1, 0.15) is 33.6 Å². The van der Waals surface area contributed by atoms with Crippen LogP contribution in [0.2, 0.25) is 0 Å². The van der Waals surface area contributed by atoms with Crippen molar-refractivity contribution in [1.82, 2.24) is 10.6 Å². The number of carbonyl (C=O) groups excluding carboxylic acids is 2. The Morgan fingerprint density at radius 2 is 1.81 bits per heavy atom. The van der Waals surface area contributed by atoms with Crippen LogP contribution in [0, 0.1) is 0 Å². The van der Waals surface area contributed by atoms with Crippen LogP contribution in [-0.2, 0) is 4.74 Å². The van der Waals surface area contributed by atoms with E-state index < -0.39 is 0 Å². The first-order valence-electron chi connectivity index (χ1n) is 8.79. The molecule has 1 aliphatic rings. The van der Waals surface area contributed by atoms with Gasteiger partial charge in [-0.15, -0.1) is 0 Å². The van der Waals surface area contributed by atoms with E-state index in [2.05, 4.69) is 16.0 Å². The zero-order valence-corrected chi connectivity index (χ0v) is 15.6. The number of amides is 2. The molecule has 6 nitrogen and oxygen atoms in total. The lowest BCUT2D eigenvalue weighted by Crippen LogP contribution is -2.34. The molecular weight excluding hydrogens is 362 g/mol. The number of hydrogen-bond acceptors (Lipinski definition) is 4. The molecule has 1 saturated heterocycles. The van der Waals surface area contributed by atoms with Crippen molar-refractivity contribution in [2.75, 3.05) is 18.5 Å². The van der Waals surface area contributed by atoms with E-state index in [1.165, 1.54) is 0 Å². The van der Waals surface area contributed by atoms with Crippen molar-refractivity contribution in [3.63, 3.8) is 0 Å². The average molecular weight is 383 g/mol. The van der Waals surface area contributed by atoms with Crippen LogP contribution < -0.4 is 16.0 Å². The van der Waals surface area contributed by atoms with Crippen molar-refractivity contribution < 1.29 is 14.3 Å². The molecule has 0 aliphatic carbocycles. The zero-order chi connectivity index (χ0) is 19.1. The Labute approximate surface area is 163 Å². The van der Waals surface area contributed by atoms with Crippen molar-refractivity contribution in [2.24, 2.45) is 0 Å². The molecule has 0 bridgehead atoms. The normalized spacial score (nSPS) is 15.8. The summed E-state index contributed by atoms with van der Waals surface area (Å²) in [5, 5.41) is 8.60. The summed E-state index contributed by atoms with van der Waals surface area (Å²) in [6.07, 6.45) is 2.10. The molecule has 0 saturated carbocycles. The molecule has 1 fully saturated rings. The Kier molecular flexibility index (Phi) is 6.51. The number of carbonyl (C=O) groups is 2. The second-order valence-corrected chi connectivity index (χ2v) is 6.61. The van der Waals surface area contributed by atoms with E-state index in [1.807, 2.05) is 6.07 Å². The maximum absolute atomic E-state index is 12.3. The van der Waals surface area contributed by atoms with Crippen LogP contribution in [0.4, 0.5) is 5.69 Å². The third-order valence-corrected chi connectivity index (χ3v) is 4.36. The number of benzene rings is 2. The summed E-state index contributed by atoms with van der Waals surface area (Å²) in [7, 11) is 0. The van der Waals surface area contributed by atoms with Gasteiger partial charge >= 0.3 is 0 Å². The van der Waals surface area contributed by atoms with Gasteiger partial charge in [-0.25, -0.2) is 0 Å². The van der Waals surface area contributed by atoms with Gasteiger partial charge in [0.05, 0.1) is 6.10 Å². The van der Waals surface area contributed by atoms with Crippen LogP contribution >= 0.6 is 12.2 Å². The first kappa shape index (κ1) is 19.0. The van der Waals surface area contributed by atoms with Crippen molar-refractivity contribution in [3.05, 3.63) is 65.7 Å². The van der Waals surface area contributed by atoms with Crippen molar-refractivity contribution in [2.45, 2.75) is 18.9 Å². The van der Waals surface area contributed by atoms with E-state index in [0.29, 0.717) is 23.4 Å². The first-order valence-corrected chi connectivity index (χ1v) is 9.20. The van der Waals surface area contributed by atoms with E-state index >= 15 is 0 Å². The van der Waals surface area contributed by atoms with Gasteiger partial charge in [-0.2, -0.15) is 0 Å². The van der Waals surface area contributed by atoms with Gasteiger partial charge in [0.2, 0.25) is 0 Å². The van der Waals surface area contributed by atoms with Crippen LogP contribution in [0.25, 0.3) is 0 Å². The standard InChI is InChI=1S/C20H21N3O3S/c24-18(21-13-17-10-5-11-26-17)15-8-4-9-16(12-15)22-20(27)23-19(25)14-6-2-1-3-7-14/h1-4,6-9,12,17H,5,10-11,13H2,(H,21,24)(H2,22,23,25,27)/t17-/m0/s1. The Balaban J connectivity index is 1.54. The summed E-state index contributed by atoms with van der Waals surface area (Å²) in [4.78, 5) is 24.4. The number of rotatable bonds is 5. The van der Waals surface area contributed by atoms with E-state index in [-0.39, 0.29) is 23.0 Å². The molecule has 2 amide bonds. The lowest BCUT2D eigenvalue weighted by molar-refractivity contribution is 0.0857. The molecule has 27 heavy (non-hydrogen) atoms. The summed E-state index contributed by atoms with van der Waals surface area (Å²) in [5.41, 5.74) is 1.65. The molecule has 0 aromatic heterocycles. The molecule has 2 aromatic carbocycles. The molecule has 0 spiro atoms. The van der Waals surface area contributed by atoms with Crippen LogP contribution in [0.5, 0.6) is 0 Å². The van der Waals surface area contributed by atoms with Crippen molar-refractivity contribution >= 4 is 34.8 Å². The Bertz CT molecular complexity index is 820. The van der Waals surface area contributed by atoms with Crippen molar-refractivity contribution in [3.8, 4) is 0 Å². The van der Waals surface area contributed by atoms with Gasteiger partial charge in [0.1, 0.15) is 0 Å². The van der Waals surface area contributed by atoms with Crippen LogP contribution in [0.3, 0.4) is 0 Å². The summed E-state index contributed by atoms with van der Waals surface area (Å²) in [6, 6.07) is 15.8. The lowest BCUT2D eigenvalue weighted by Gasteiger charge is -2.12. The minimum Gasteiger partial charge on any atom is -0.376 e. The number of thiocarbonyl (C=S) groups is 1. The van der Waals surface area contributed by atoms with Gasteiger partial charge in [-0.1, -0.05) is 24.3 Å². The summed E-state index contributed by atoms with van der Waals surface area (Å²) >= 11 is 5.18. The smallest absolute Gasteiger partial charge is 0.257 e. The van der Waals surface area contributed by atoms with Gasteiger partial charge in [-0.05, 0) is 55.4 Å². The highest BCUT2D eigenvalue weighted by molar-refractivity contribution is 7.80. The maximum Gasteiger partial charge on any atom is 0.257 e. The molecule has 0 unspecified atom stereocenters. The number of nitrogens with one attached hydrogen (secondary N) is 3. The molecule has 0 radical (unpaired) electrons. The maximum atomic E-state index is 12.3. The molecule has 1 aliphatic heterocycles. The fourth-order valence-corrected chi connectivity index (χ4v) is 2.99. The van der Waals surface area contributed by atoms with Gasteiger partial charge < -0.3 is 15.4 Å². The molecule has 3 N–H and O–H groups in total. The van der Waals surface area contributed by atoms with Gasteiger partial charge in [0.15, 0.2) is 5.11 Å². The second kappa shape index (κ2) is 9.25. The van der Waals surface area contributed by atoms with E-state index in [4.69, 9.17) is 17.0 Å². The van der Waals surface area contributed by atoms with Crippen LogP contribution in [0.15, 0.2) is 54.6 Å². The third kappa shape index (κ3) is 5.60. The molecule has 7 heteroatoms. The topological polar surface area (TPSA) is 79.5 Å². The summed E-state index contributed by atoms with van der Waals surface area (Å²) < 4.78 is 5.50. The predicted molar refractivity (Wildman–Crippen MR) is 108 cm³/mol. The highest BCUT2D eigenvalue weighted by Crippen LogP contribution is 2.13. The molecule has 140 valence electrons. The molecular formula is C20H21N3O3S. The van der Waals surface area contributed by atoms with E-state index in [1.54, 1.807) is 48.5 Å². The molecule has 3 rings (SSSR count). The quantitative estimate of drug-likeness (QED) is 0.692. The number of anilines is 1. The van der Waals surface area contributed by atoms with Gasteiger partial charge in [0.25, 0.3) is 11.8 Å². The summed E-state index contributed by atoms with van der Waals surface area (Å²) in [5.74, 6) is -0.466. The highest BCUT2D eigenvalue weighted by Gasteiger charge is 2.17. The Morgan fingerprint density at radius 3 is 2.56 bits per heavy atom. The first-order chi connectivity index (χ1) is 13.1. The fourth-order valence-electron chi connectivity index (χ4n) is 2.78. The van der Waals surface area contributed by atoms with Crippen LogP contribution in [-0.4, -0.2) is 36.2 Å². The molecule has 1 atom stereocenters. The number of ether oxygens (including phenoxy) is 1. The van der Waals surface area contributed by atoms with Gasteiger partial charge in [-0.3, -0.25) is 14.9 Å². The Hall–Kier alpha value is -2.77. The average Bonchev–Trinajstić information content (AvgIpc) is 3.20. The monoisotopic (exact) mass is 383 g/mol. The van der Waals surface area contributed by atoms with Gasteiger partial charge in [0, 0.05) is 30.0 Å². The molecule has 1 heterocycles. The second-order valence-electron chi connectivity index (χ2n) is 6.20. The van der Waals surface area contributed by atoms with E-state index in [0.717, 1.165) is 19.4 Å². The predicted octanol–water partition coefficient (Wildman–Crippen LogP) is 2.72.